The monoisotopic (exact) mass is 237 g/mol. The van der Waals surface area contributed by atoms with Crippen molar-refractivity contribution in [3.05, 3.63) is 28.8 Å². The molecule has 1 aromatic carbocycles. The zero-order chi connectivity index (χ0) is 11.8. The molecule has 1 aromatic rings. The van der Waals surface area contributed by atoms with E-state index in [1.165, 1.54) is 0 Å². The molecule has 0 atom stereocenters. The third kappa shape index (κ3) is 4.57. The quantitative estimate of drug-likeness (QED) is 0.589. The Morgan fingerprint density at radius 1 is 1.38 bits per heavy atom. The molecule has 0 fully saturated rings. The molecule has 0 amide bonds. The highest BCUT2D eigenvalue weighted by Gasteiger charge is 1.99. The molecular weight excluding hydrogens is 222 g/mol. The van der Waals surface area contributed by atoms with Gasteiger partial charge in [0, 0.05) is 13.0 Å². The summed E-state index contributed by atoms with van der Waals surface area (Å²) in [6, 6.07) is 5.23. The summed E-state index contributed by atoms with van der Waals surface area (Å²) >= 11 is 5.80. The van der Waals surface area contributed by atoms with Crippen LogP contribution in [0.25, 0.3) is 0 Å². The van der Waals surface area contributed by atoms with Crippen molar-refractivity contribution in [2.24, 2.45) is 0 Å². The lowest BCUT2D eigenvalue weighted by Crippen LogP contribution is -2.14. The molecule has 0 radical (unpaired) electrons. The van der Waals surface area contributed by atoms with Crippen LogP contribution in [-0.4, -0.2) is 11.7 Å². The van der Waals surface area contributed by atoms with Crippen LogP contribution in [0.15, 0.2) is 18.2 Å². The topological polar surface area (TPSA) is 32.3 Å². The summed E-state index contributed by atoms with van der Waals surface area (Å²) in [6.45, 7) is 1.70. The number of hydrogen-bond acceptors (Lipinski definition) is 2. The number of nitrogens with one attached hydrogen (secondary N) is 1. The summed E-state index contributed by atoms with van der Waals surface area (Å²) in [5.41, 5.74) is 1.07. The first-order valence-corrected chi connectivity index (χ1v) is 5.73. The van der Waals surface area contributed by atoms with Crippen molar-refractivity contribution >= 4 is 11.6 Å². The van der Waals surface area contributed by atoms with Crippen LogP contribution in [0.4, 0.5) is 0 Å². The summed E-state index contributed by atoms with van der Waals surface area (Å²) in [4.78, 5) is 0. The third-order valence-corrected chi connectivity index (χ3v) is 2.57. The highest BCUT2D eigenvalue weighted by Crippen LogP contribution is 2.23. The van der Waals surface area contributed by atoms with Crippen molar-refractivity contribution in [1.82, 2.24) is 5.32 Å². The Kier molecular flexibility index (Phi) is 5.77. The molecule has 0 aliphatic heterocycles. The Hall–Kier alpha value is -1.17. The predicted molar refractivity (Wildman–Crippen MR) is 67.5 cm³/mol. The lowest BCUT2D eigenvalue weighted by Gasteiger charge is -2.05. The fraction of sp³-hybridized carbons (Fsp3) is 0.385. The minimum Gasteiger partial charge on any atom is -0.506 e. The van der Waals surface area contributed by atoms with Gasteiger partial charge < -0.3 is 10.4 Å². The van der Waals surface area contributed by atoms with Crippen molar-refractivity contribution in [2.45, 2.75) is 25.8 Å². The van der Waals surface area contributed by atoms with E-state index in [4.69, 9.17) is 18.0 Å². The van der Waals surface area contributed by atoms with Crippen LogP contribution in [0.5, 0.6) is 5.75 Å². The van der Waals surface area contributed by atoms with E-state index in [0.717, 1.165) is 37.9 Å². The van der Waals surface area contributed by atoms with E-state index < -0.39 is 0 Å². The lowest BCUT2D eigenvalue weighted by atomic mass is 10.2. The second kappa shape index (κ2) is 7.16. The summed E-state index contributed by atoms with van der Waals surface area (Å²) < 4.78 is 0. The standard InChI is InChI=1S/C13H16ClNO/c1-2-3-4-5-8-15-10-11-6-7-13(16)12(14)9-11/h1,6-7,9,15-16H,3-5,8,10H2. The second-order valence-corrected chi connectivity index (χ2v) is 4.03. The van der Waals surface area contributed by atoms with Gasteiger partial charge in [-0.1, -0.05) is 17.7 Å². The van der Waals surface area contributed by atoms with Gasteiger partial charge in [0.05, 0.1) is 5.02 Å². The fourth-order valence-corrected chi connectivity index (χ4v) is 1.57. The number of hydrogen-bond donors (Lipinski definition) is 2. The van der Waals surface area contributed by atoms with Crippen LogP contribution >= 0.6 is 11.6 Å². The van der Waals surface area contributed by atoms with Crippen molar-refractivity contribution in [2.75, 3.05) is 6.54 Å². The van der Waals surface area contributed by atoms with E-state index in [1.54, 1.807) is 12.1 Å². The van der Waals surface area contributed by atoms with Gasteiger partial charge in [-0.2, -0.15) is 0 Å². The normalized spacial score (nSPS) is 10.0. The van der Waals surface area contributed by atoms with E-state index in [1.807, 2.05) is 6.07 Å². The van der Waals surface area contributed by atoms with E-state index in [-0.39, 0.29) is 5.75 Å². The molecule has 0 spiro atoms. The van der Waals surface area contributed by atoms with Crippen molar-refractivity contribution in [3.8, 4) is 18.1 Å². The molecule has 16 heavy (non-hydrogen) atoms. The number of aromatic hydroxyl groups is 1. The van der Waals surface area contributed by atoms with E-state index >= 15 is 0 Å². The third-order valence-electron chi connectivity index (χ3n) is 2.27. The molecular formula is C13H16ClNO. The number of unbranched alkanes of at least 4 members (excludes halogenated alkanes) is 2. The Morgan fingerprint density at radius 2 is 2.19 bits per heavy atom. The Morgan fingerprint density at radius 3 is 2.88 bits per heavy atom. The molecule has 1 rings (SSSR count). The maximum Gasteiger partial charge on any atom is 0.134 e. The minimum atomic E-state index is 0.124. The molecule has 2 N–H and O–H groups in total. The number of phenols is 1. The Balaban J connectivity index is 2.22. The average Bonchev–Trinajstić information content (AvgIpc) is 2.28. The number of benzene rings is 1. The molecule has 86 valence electrons. The van der Waals surface area contributed by atoms with Gasteiger partial charge in [-0.05, 0) is 37.1 Å². The van der Waals surface area contributed by atoms with Gasteiger partial charge in [-0.3, -0.25) is 0 Å². The number of rotatable bonds is 6. The smallest absolute Gasteiger partial charge is 0.134 e. The molecule has 3 heteroatoms. The summed E-state index contributed by atoms with van der Waals surface area (Å²) in [5.74, 6) is 2.74. The number of halogens is 1. The van der Waals surface area contributed by atoms with Crippen molar-refractivity contribution in [1.29, 1.82) is 0 Å². The van der Waals surface area contributed by atoms with Gasteiger partial charge in [-0.25, -0.2) is 0 Å². The highest BCUT2D eigenvalue weighted by molar-refractivity contribution is 6.32. The molecule has 2 nitrogen and oxygen atoms in total. The molecule has 0 saturated carbocycles. The average molecular weight is 238 g/mol. The summed E-state index contributed by atoms with van der Waals surface area (Å²) in [5, 5.41) is 12.9. The van der Waals surface area contributed by atoms with Gasteiger partial charge in [0.2, 0.25) is 0 Å². The molecule has 0 heterocycles. The zero-order valence-corrected chi connectivity index (χ0v) is 9.93. The highest BCUT2D eigenvalue weighted by atomic mass is 35.5. The van der Waals surface area contributed by atoms with Crippen molar-refractivity contribution < 1.29 is 5.11 Å². The van der Waals surface area contributed by atoms with E-state index in [0.29, 0.717) is 5.02 Å². The zero-order valence-electron chi connectivity index (χ0n) is 9.17. The minimum absolute atomic E-state index is 0.124. The first-order chi connectivity index (χ1) is 7.74. The maximum atomic E-state index is 9.24. The molecule has 0 aromatic heterocycles. The SMILES string of the molecule is C#CCCCCNCc1ccc(O)c(Cl)c1. The molecule has 0 aliphatic carbocycles. The van der Waals surface area contributed by atoms with Crippen LogP contribution in [0.2, 0.25) is 5.02 Å². The molecule has 0 unspecified atom stereocenters. The summed E-state index contributed by atoms with van der Waals surface area (Å²) in [6.07, 6.45) is 8.13. The fourth-order valence-electron chi connectivity index (χ4n) is 1.37. The van der Waals surface area contributed by atoms with Gasteiger partial charge in [0.15, 0.2) is 0 Å². The number of phenolic OH excluding ortho intramolecular Hbond substituents is 1. The molecule has 0 saturated heterocycles. The first kappa shape index (κ1) is 12.9. The van der Waals surface area contributed by atoms with Gasteiger partial charge in [0.1, 0.15) is 5.75 Å². The molecule has 0 bridgehead atoms. The largest absolute Gasteiger partial charge is 0.506 e. The Bertz CT molecular complexity index is 371. The van der Waals surface area contributed by atoms with E-state index in [2.05, 4.69) is 11.2 Å². The number of terminal acetylenes is 1. The van der Waals surface area contributed by atoms with Crippen LogP contribution < -0.4 is 5.32 Å². The Labute approximate surface area is 102 Å². The molecule has 0 aliphatic rings. The maximum absolute atomic E-state index is 9.24. The van der Waals surface area contributed by atoms with E-state index in [9.17, 15) is 5.11 Å². The predicted octanol–water partition coefficient (Wildman–Crippen LogP) is 2.94. The van der Waals surface area contributed by atoms with Crippen molar-refractivity contribution in [3.63, 3.8) is 0 Å². The lowest BCUT2D eigenvalue weighted by molar-refractivity contribution is 0.475. The van der Waals surface area contributed by atoms with Gasteiger partial charge in [-0.15, -0.1) is 12.3 Å². The second-order valence-electron chi connectivity index (χ2n) is 3.62. The van der Waals surface area contributed by atoms with Gasteiger partial charge >= 0.3 is 0 Å². The van der Waals surface area contributed by atoms with Crippen LogP contribution in [0.1, 0.15) is 24.8 Å². The first-order valence-electron chi connectivity index (χ1n) is 5.35. The van der Waals surface area contributed by atoms with Gasteiger partial charge in [0.25, 0.3) is 0 Å². The van der Waals surface area contributed by atoms with Crippen LogP contribution in [0.3, 0.4) is 0 Å². The van der Waals surface area contributed by atoms with Crippen LogP contribution in [-0.2, 0) is 6.54 Å². The van der Waals surface area contributed by atoms with Crippen LogP contribution in [0, 0.1) is 12.3 Å². The summed E-state index contributed by atoms with van der Waals surface area (Å²) in [7, 11) is 0.